The van der Waals surface area contributed by atoms with Gasteiger partial charge in [0.25, 0.3) is 0 Å². The lowest BCUT2D eigenvalue weighted by Gasteiger charge is -2.21. The molecule has 0 amide bonds. The Morgan fingerprint density at radius 2 is 2.55 bits per heavy atom. The van der Waals surface area contributed by atoms with Crippen LogP contribution in [0.2, 0.25) is 0 Å². The van der Waals surface area contributed by atoms with Crippen LogP contribution in [0, 0.1) is 11.8 Å². The molecule has 1 rings (SSSR count). The van der Waals surface area contributed by atoms with E-state index in [2.05, 4.69) is 41.4 Å². The summed E-state index contributed by atoms with van der Waals surface area (Å²) in [6.45, 7) is 3.09. The normalized spacial score (nSPS) is 29.5. The molecule has 2 unspecified atom stereocenters. The molecular weight excluding hydrogens is 154 g/mol. The Hall–Kier alpha value is -0.460. The van der Waals surface area contributed by atoms with Crippen molar-refractivity contribution < 1.29 is 0 Å². The highest BCUT2D eigenvalue weighted by molar-refractivity contribution is 7.78. The molecule has 60 valence electrons. The van der Waals surface area contributed by atoms with E-state index in [4.69, 9.17) is 0 Å². The summed E-state index contributed by atoms with van der Waals surface area (Å²) in [6, 6.07) is 0. The highest BCUT2D eigenvalue weighted by Gasteiger charge is 2.16. The minimum atomic E-state index is 0.663. The predicted molar refractivity (Wildman–Crippen MR) is 50.9 cm³/mol. The SMILES string of the molecule is CC1C=CCCC1CN=C=S. The lowest BCUT2D eigenvalue weighted by molar-refractivity contribution is 0.390. The van der Waals surface area contributed by atoms with E-state index in [1.807, 2.05) is 0 Å². The Bertz CT molecular complexity index is 192. The van der Waals surface area contributed by atoms with Gasteiger partial charge in [0.15, 0.2) is 0 Å². The minimum absolute atomic E-state index is 0.663. The lowest BCUT2D eigenvalue weighted by atomic mass is 9.85. The maximum atomic E-state index is 4.52. The van der Waals surface area contributed by atoms with Crippen molar-refractivity contribution in [2.24, 2.45) is 16.8 Å². The minimum Gasteiger partial charge on any atom is -0.232 e. The standard InChI is InChI=1S/C9H13NS/c1-8-4-2-3-5-9(8)6-10-7-11/h2,4,8-9H,3,5-6H2,1H3. The number of allylic oxidation sites excluding steroid dienone is 2. The van der Waals surface area contributed by atoms with Crippen molar-refractivity contribution in [2.45, 2.75) is 19.8 Å². The first kappa shape index (κ1) is 8.63. The zero-order valence-electron chi connectivity index (χ0n) is 6.79. The maximum Gasteiger partial charge on any atom is 0.0585 e. The molecular formula is C9H13NS. The molecule has 0 aromatic carbocycles. The second kappa shape index (κ2) is 4.42. The number of hydrogen-bond acceptors (Lipinski definition) is 2. The van der Waals surface area contributed by atoms with Crippen LogP contribution in [0.15, 0.2) is 17.1 Å². The van der Waals surface area contributed by atoms with Crippen LogP contribution in [0.4, 0.5) is 0 Å². The average Bonchev–Trinajstić information content (AvgIpc) is 2.03. The van der Waals surface area contributed by atoms with Gasteiger partial charge < -0.3 is 0 Å². The van der Waals surface area contributed by atoms with Crippen LogP contribution in [-0.2, 0) is 0 Å². The third kappa shape index (κ3) is 2.57. The molecule has 0 fully saturated rings. The van der Waals surface area contributed by atoms with Gasteiger partial charge in [-0.25, -0.2) is 4.99 Å². The van der Waals surface area contributed by atoms with Gasteiger partial charge in [-0.2, -0.15) is 0 Å². The fraction of sp³-hybridized carbons (Fsp3) is 0.667. The molecule has 0 saturated carbocycles. The Morgan fingerprint density at radius 1 is 1.73 bits per heavy atom. The molecule has 0 radical (unpaired) electrons. The summed E-state index contributed by atoms with van der Waals surface area (Å²) in [5.74, 6) is 1.35. The largest absolute Gasteiger partial charge is 0.232 e. The Morgan fingerprint density at radius 3 is 3.18 bits per heavy atom. The van der Waals surface area contributed by atoms with Crippen molar-refractivity contribution in [1.82, 2.24) is 0 Å². The first-order valence-corrected chi connectivity index (χ1v) is 4.45. The number of thiocarbonyl (C=S) groups is 1. The van der Waals surface area contributed by atoms with Crippen LogP contribution in [0.1, 0.15) is 19.8 Å². The molecule has 0 saturated heterocycles. The topological polar surface area (TPSA) is 12.4 Å². The van der Waals surface area contributed by atoms with Crippen molar-refractivity contribution in [2.75, 3.05) is 6.54 Å². The van der Waals surface area contributed by atoms with Gasteiger partial charge in [-0.3, -0.25) is 0 Å². The van der Waals surface area contributed by atoms with Crippen LogP contribution < -0.4 is 0 Å². The van der Waals surface area contributed by atoms with Crippen LogP contribution >= 0.6 is 12.2 Å². The molecule has 2 heteroatoms. The zero-order chi connectivity index (χ0) is 8.10. The highest BCUT2D eigenvalue weighted by atomic mass is 32.1. The molecule has 0 spiro atoms. The van der Waals surface area contributed by atoms with E-state index in [-0.39, 0.29) is 0 Å². The Kier molecular flexibility index (Phi) is 3.47. The fourth-order valence-electron chi connectivity index (χ4n) is 1.45. The second-order valence-electron chi connectivity index (χ2n) is 3.06. The maximum absolute atomic E-state index is 4.52. The third-order valence-corrected chi connectivity index (χ3v) is 2.41. The van der Waals surface area contributed by atoms with Gasteiger partial charge in [0, 0.05) is 0 Å². The van der Waals surface area contributed by atoms with Crippen LogP contribution in [-0.4, -0.2) is 11.7 Å². The van der Waals surface area contributed by atoms with Crippen molar-refractivity contribution in [3.05, 3.63) is 12.2 Å². The van der Waals surface area contributed by atoms with Crippen molar-refractivity contribution in [3.8, 4) is 0 Å². The summed E-state index contributed by atoms with van der Waals surface area (Å²) in [7, 11) is 0. The molecule has 0 aromatic heterocycles. The van der Waals surface area contributed by atoms with Crippen LogP contribution in [0.5, 0.6) is 0 Å². The second-order valence-corrected chi connectivity index (χ2v) is 3.24. The van der Waals surface area contributed by atoms with Crippen molar-refractivity contribution in [3.63, 3.8) is 0 Å². The van der Waals surface area contributed by atoms with E-state index in [0.717, 1.165) is 6.54 Å². The van der Waals surface area contributed by atoms with Gasteiger partial charge in [0.1, 0.15) is 0 Å². The van der Waals surface area contributed by atoms with Gasteiger partial charge >= 0.3 is 0 Å². The number of rotatable bonds is 2. The summed E-state index contributed by atoms with van der Waals surface area (Å²) in [5.41, 5.74) is 0. The van der Waals surface area contributed by atoms with Crippen molar-refractivity contribution in [1.29, 1.82) is 0 Å². The molecule has 2 atom stereocenters. The predicted octanol–water partition coefficient (Wildman–Crippen LogP) is 2.69. The summed E-state index contributed by atoms with van der Waals surface area (Å²) in [4.78, 5) is 3.98. The third-order valence-electron chi connectivity index (χ3n) is 2.28. The smallest absolute Gasteiger partial charge is 0.0585 e. The number of aliphatic imine (C=N–C) groups is 1. The molecule has 0 N–H and O–H groups in total. The van der Waals surface area contributed by atoms with Gasteiger partial charge in [0.05, 0.1) is 11.7 Å². The summed E-state index contributed by atoms with van der Waals surface area (Å²) >= 11 is 4.52. The number of nitrogens with zero attached hydrogens (tertiary/aromatic N) is 1. The first-order valence-electron chi connectivity index (χ1n) is 4.05. The molecule has 0 aromatic rings. The summed E-state index contributed by atoms with van der Waals surface area (Å²) < 4.78 is 0. The fourth-order valence-corrected chi connectivity index (χ4v) is 1.53. The van der Waals surface area contributed by atoms with E-state index >= 15 is 0 Å². The number of hydrogen-bond donors (Lipinski definition) is 0. The van der Waals surface area contributed by atoms with E-state index in [1.165, 1.54) is 12.8 Å². The molecule has 11 heavy (non-hydrogen) atoms. The van der Waals surface area contributed by atoms with Gasteiger partial charge in [0.2, 0.25) is 0 Å². The quantitative estimate of drug-likeness (QED) is 0.350. The van der Waals surface area contributed by atoms with Crippen molar-refractivity contribution >= 4 is 17.4 Å². The van der Waals surface area contributed by atoms with Gasteiger partial charge in [-0.05, 0) is 36.9 Å². The first-order chi connectivity index (χ1) is 5.34. The summed E-state index contributed by atoms with van der Waals surface area (Å²) in [5, 5.41) is 2.42. The Balaban J connectivity index is 2.44. The lowest BCUT2D eigenvalue weighted by Crippen LogP contribution is -2.15. The molecule has 1 nitrogen and oxygen atoms in total. The van der Waals surface area contributed by atoms with Gasteiger partial charge in [-0.1, -0.05) is 19.1 Å². The van der Waals surface area contributed by atoms with Crippen LogP contribution in [0.3, 0.4) is 0 Å². The van der Waals surface area contributed by atoms with Gasteiger partial charge in [-0.15, -0.1) is 0 Å². The van der Waals surface area contributed by atoms with E-state index < -0.39 is 0 Å². The average molecular weight is 167 g/mol. The monoisotopic (exact) mass is 167 g/mol. The molecule has 0 aliphatic heterocycles. The van der Waals surface area contributed by atoms with E-state index in [9.17, 15) is 0 Å². The Labute approximate surface area is 73.2 Å². The number of isothiocyanates is 1. The molecule has 1 aliphatic carbocycles. The molecule has 1 aliphatic rings. The van der Waals surface area contributed by atoms with E-state index in [0.29, 0.717) is 11.8 Å². The van der Waals surface area contributed by atoms with E-state index in [1.54, 1.807) is 0 Å². The summed E-state index contributed by atoms with van der Waals surface area (Å²) in [6.07, 6.45) is 6.97. The zero-order valence-corrected chi connectivity index (χ0v) is 7.60. The molecule has 0 bridgehead atoms. The van der Waals surface area contributed by atoms with Crippen LogP contribution in [0.25, 0.3) is 0 Å². The highest BCUT2D eigenvalue weighted by Crippen LogP contribution is 2.23. The molecule has 0 heterocycles.